The van der Waals surface area contributed by atoms with Gasteiger partial charge >= 0.3 is 0 Å². The summed E-state index contributed by atoms with van der Waals surface area (Å²) in [5, 5.41) is 2.88. The van der Waals surface area contributed by atoms with E-state index >= 15 is 0 Å². The fourth-order valence-corrected chi connectivity index (χ4v) is 6.21. The number of hydrogen-bond donors (Lipinski definition) is 1. The molecule has 6 nitrogen and oxygen atoms in total. The van der Waals surface area contributed by atoms with Crippen LogP contribution in [0, 0.1) is 20.8 Å². The first kappa shape index (κ1) is 21.3. The maximum absolute atomic E-state index is 13.4. The summed E-state index contributed by atoms with van der Waals surface area (Å²) >= 11 is 0. The first-order valence-electron chi connectivity index (χ1n) is 9.76. The summed E-state index contributed by atoms with van der Waals surface area (Å²) < 4.78 is 33.5. The van der Waals surface area contributed by atoms with E-state index in [-0.39, 0.29) is 18.5 Å². The third-order valence-electron chi connectivity index (χ3n) is 5.32. The molecule has 7 heteroatoms. The molecule has 1 fully saturated rings. The molecule has 1 saturated heterocycles. The molecule has 0 saturated carbocycles. The summed E-state index contributed by atoms with van der Waals surface area (Å²) in [6.07, 6.45) is 1.50. The van der Waals surface area contributed by atoms with Gasteiger partial charge in [0.2, 0.25) is 10.0 Å². The molecule has 0 aromatic heterocycles. The number of sulfonamides is 1. The van der Waals surface area contributed by atoms with E-state index in [2.05, 4.69) is 5.32 Å². The Hall–Kier alpha value is -2.38. The quantitative estimate of drug-likeness (QED) is 0.785. The standard InChI is InChI=1S/C22H28N2O4S/c1-15-11-16(2)21(17(3)12-15)29(26,27)24-10-6-8-19(24)14-23-22(25)18-7-5-9-20(13-18)28-4/h5,7,9,11-13,19H,6,8,10,14H2,1-4H3,(H,23,25)/t19-/m0/s1. The van der Waals surface area contributed by atoms with E-state index in [4.69, 9.17) is 4.74 Å². The zero-order chi connectivity index (χ0) is 21.2. The van der Waals surface area contributed by atoms with Gasteiger partial charge in [-0.2, -0.15) is 4.31 Å². The fraction of sp³-hybridized carbons (Fsp3) is 0.409. The van der Waals surface area contributed by atoms with Crippen molar-refractivity contribution in [3.8, 4) is 5.75 Å². The van der Waals surface area contributed by atoms with Crippen molar-refractivity contribution in [1.29, 1.82) is 0 Å². The molecule has 1 amide bonds. The molecule has 156 valence electrons. The van der Waals surface area contributed by atoms with E-state index in [9.17, 15) is 13.2 Å². The molecular weight excluding hydrogens is 388 g/mol. The van der Waals surface area contributed by atoms with E-state index < -0.39 is 10.0 Å². The predicted octanol–water partition coefficient (Wildman–Crippen LogP) is 3.20. The summed E-state index contributed by atoms with van der Waals surface area (Å²) in [7, 11) is -2.08. The molecule has 1 atom stereocenters. The van der Waals surface area contributed by atoms with E-state index in [0.29, 0.717) is 22.8 Å². The fourth-order valence-electron chi connectivity index (χ4n) is 4.10. The minimum Gasteiger partial charge on any atom is -0.497 e. The number of nitrogens with zero attached hydrogens (tertiary/aromatic N) is 1. The molecule has 1 heterocycles. The normalized spacial score (nSPS) is 17.3. The lowest BCUT2D eigenvalue weighted by Gasteiger charge is -2.26. The van der Waals surface area contributed by atoms with Gasteiger partial charge in [0.05, 0.1) is 12.0 Å². The minimum absolute atomic E-state index is 0.240. The lowest BCUT2D eigenvalue weighted by atomic mass is 10.1. The second-order valence-corrected chi connectivity index (χ2v) is 9.41. The molecule has 29 heavy (non-hydrogen) atoms. The van der Waals surface area contributed by atoms with Crippen LogP contribution in [0.1, 0.15) is 39.9 Å². The number of ether oxygens (including phenoxy) is 1. The Morgan fingerprint density at radius 2 is 1.86 bits per heavy atom. The summed E-state index contributed by atoms with van der Waals surface area (Å²) in [6.45, 7) is 6.38. The lowest BCUT2D eigenvalue weighted by molar-refractivity contribution is 0.0946. The Bertz CT molecular complexity index is 994. The van der Waals surface area contributed by atoms with E-state index in [0.717, 1.165) is 29.5 Å². The highest BCUT2D eigenvalue weighted by molar-refractivity contribution is 7.89. The highest BCUT2D eigenvalue weighted by atomic mass is 32.2. The molecule has 1 aliphatic rings. The van der Waals surface area contributed by atoms with Crippen LogP contribution in [-0.2, 0) is 10.0 Å². The molecule has 1 aliphatic heterocycles. The number of nitrogens with one attached hydrogen (secondary N) is 1. The Balaban J connectivity index is 1.77. The molecule has 0 bridgehead atoms. The highest BCUT2D eigenvalue weighted by Gasteiger charge is 2.37. The largest absolute Gasteiger partial charge is 0.497 e. The molecule has 0 spiro atoms. The smallest absolute Gasteiger partial charge is 0.251 e. The second kappa shape index (κ2) is 8.55. The zero-order valence-corrected chi connectivity index (χ0v) is 18.2. The van der Waals surface area contributed by atoms with Gasteiger partial charge in [-0.3, -0.25) is 4.79 Å². The molecule has 2 aromatic carbocycles. The van der Waals surface area contributed by atoms with Crippen molar-refractivity contribution in [3.05, 3.63) is 58.7 Å². The highest BCUT2D eigenvalue weighted by Crippen LogP contribution is 2.30. The number of rotatable bonds is 6. The molecule has 0 radical (unpaired) electrons. The number of benzene rings is 2. The van der Waals surface area contributed by atoms with Gasteiger partial charge in [0.15, 0.2) is 0 Å². The molecule has 3 rings (SSSR count). The van der Waals surface area contributed by atoms with Gasteiger partial charge in [-0.1, -0.05) is 23.8 Å². The number of carbonyl (C=O) groups excluding carboxylic acids is 1. The SMILES string of the molecule is COc1cccc(C(=O)NC[C@@H]2CCCN2S(=O)(=O)c2c(C)cc(C)cc2C)c1. The second-order valence-electron chi connectivity index (χ2n) is 7.58. The first-order valence-corrected chi connectivity index (χ1v) is 11.2. The molecule has 1 N–H and O–H groups in total. The van der Waals surface area contributed by atoms with Gasteiger partial charge in [0.25, 0.3) is 5.91 Å². The first-order chi connectivity index (χ1) is 13.7. The summed E-state index contributed by atoms with van der Waals surface area (Å²) in [5.41, 5.74) is 3.05. The van der Waals surface area contributed by atoms with Crippen LogP contribution in [0.2, 0.25) is 0 Å². The number of aryl methyl sites for hydroxylation is 3. The Morgan fingerprint density at radius 1 is 1.17 bits per heavy atom. The van der Waals surface area contributed by atoms with Crippen molar-refractivity contribution in [1.82, 2.24) is 9.62 Å². The average molecular weight is 417 g/mol. The van der Waals surface area contributed by atoms with E-state index in [1.165, 1.54) is 0 Å². The van der Waals surface area contributed by atoms with Crippen molar-refractivity contribution in [2.24, 2.45) is 0 Å². The zero-order valence-electron chi connectivity index (χ0n) is 17.4. The molecular formula is C22H28N2O4S. The minimum atomic E-state index is -3.63. The predicted molar refractivity (Wildman–Crippen MR) is 113 cm³/mol. The van der Waals surface area contributed by atoms with Crippen LogP contribution in [0.3, 0.4) is 0 Å². The molecule has 0 unspecified atom stereocenters. The van der Waals surface area contributed by atoms with Crippen LogP contribution in [0.15, 0.2) is 41.3 Å². The van der Waals surface area contributed by atoms with Gasteiger partial charge in [-0.15, -0.1) is 0 Å². The molecule has 2 aromatic rings. The third-order valence-corrected chi connectivity index (χ3v) is 7.58. The van der Waals surface area contributed by atoms with Crippen molar-refractivity contribution in [2.45, 2.75) is 44.6 Å². The van der Waals surface area contributed by atoms with Crippen LogP contribution >= 0.6 is 0 Å². The van der Waals surface area contributed by atoms with Gasteiger partial charge < -0.3 is 10.1 Å². The number of carbonyl (C=O) groups is 1. The maximum atomic E-state index is 13.4. The lowest BCUT2D eigenvalue weighted by Crippen LogP contribution is -2.43. The van der Waals surface area contributed by atoms with Crippen LogP contribution < -0.4 is 10.1 Å². The van der Waals surface area contributed by atoms with Gasteiger partial charge in [-0.05, 0) is 62.9 Å². The Labute approximate surface area is 172 Å². The summed E-state index contributed by atoms with van der Waals surface area (Å²) in [5.74, 6) is 0.365. The average Bonchev–Trinajstić information content (AvgIpc) is 3.14. The van der Waals surface area contributed by atoms with Gasteiger partial charge in [0.1, 0.15) is 5.75 Å². The topological polar surface area (TPSA) is 75.7 Å². The van der Waals surface area contributed by atoms with E-state index in [1.54, 1.807) is 35.7 Å². The van der Waals surface area contributed by atoms with Crippen molar-refractivity contribution >= 4 is 15.9 Å². The number of methoxy groups -OCH3 is 1. The van der Waals surface area contributed by atoms with Crippen molar-refractivity contribution < 1.29 is 17.9 Å². The van der Waals surface area contributed by atoms with Crippen molar-refractivity contribution in [2.75, 3.05) is 20.2 Å². The molecule has 0 aliphatic carbocycles. The number of hydrogen-bond acceptors (Lipinski definition) is 4. The Kier molecular flexibility index (Phi) is 6.29. The maximum Gasteiger partial charge on any atom is 0.251 e. The van der Waals surface area contributed by atoms with Gasteiger partial charge in [-0.25, -0.2) is 8.42 Å². The Morgan fingerprint density at radius 3 is 2.52 bits per heavy atom. The summed E-state index contributed by atoms with van der Waals surface area (Å²) in [4.78, 5) is 12.9. The van der Waals surface area contributed by atoms with Crippen LogP contribution in [0.4, 0.5) is 0 Å². The van der Waals surface area contributed by atoms with Crippen LogP contribution in [-0.4, -0.2) is 44.9 Å². The van der Waals surface area contributed by atoms with Gasteiger partial charge in [0, 0.05) is 24.7 Å². The van der Waals surface area contributed by atoms with Crippen molar-refractivity contribution in [3.63, 3.8) is 0 Å². The van der Waals surface area contributed by atoms with Crippen LogP contribution in [0.25, 0.3) is 0 Å². The monoisotopic (exact) mass is 416 g/mol. The van der Waals surface area contributed by atoms with Crippen LogP contribution in [0.5, 0.6) is 5.75 Å². The summed E-state index contributed by atoms with van der Waals surface area (Å²) in [6, 6.07) is 10.4. The number of amides is 1. The van der Waals surface area contributed by atoms with E-state index in [1.807, 2.05) is 32.9 Å². The third kappa shape index (κ3) is 4.46.